The summed E-state index contributed by atoms with van der Waals surface area (Å²) in [5.74, 6) is 0.212. The number of carbonyl (C=O) groups is 1. The maximum absolute atomic E-state index is 13.1. The van der Waals surface area contributed by atoms with Crippen LogP contribution in [-0.2, 0) is 9.84 Å². The zero-order valence-corrected chi connectivity index (χ0v) is 19.5. The predicted molar refractivity (Wildman–Crippen MR) is 131 cm³/mol. The number of para-hydroxylation sites is 2. The summed E-state index contributed by atoms with van der Waals surface area (Å²) in [6.07, 6.45) is 1.97. The molecule has 0 radical (unpaired) electrons. The van der Waals surface area contributed by atoms with Gasteiger partial charge in [-0.05, 0) is 42.8 Å². The van der Waals surface area contributed by atoms with Gasteiger partial charge in [0.1, 0.15) is 11.4 Å². The van der Waals surface area contributed by atoms with Gasteiger partial charge >= 0.3 is 0 Å². The van der Waals surface area contributed by atoms with E-state index < -0.39 is 9.84 Å². The largest absolute Gasteiger partial charge is 0.496 e. The molecule has 34 heavy (non-hydrogen) atoms. The molecule has 4 aromatic rings. The summed E-state index contributed by atoms with van der Waals surface area (Å²) in [6.45, 7) is 0.215. The molecule has 174 valence electrons. The molecular formula is C26H25N3O4S. The van der Waals surface area contributed by atoms with Crippen LogP contribution in [0.2, 0.25) is 0 Å². The maximum atomic E-state index is 13.1. The minimum atomic E-state index is -3.40. The Labute approximate surface area is 198 Å². The third kappa shape index (κ3) is 5.18. The fourth-order valence-electron chi connectivity index (χ4n) is 3.60. The van der Waals surface area contributed by atoms with E-state index in [1.54, 1.807) is 48.3 Å². The molecule has 1 N–H and O–H groups in total. The van der Waals surface area contributed by atoms with E-state index in [9.17, 15) is 13.2 Å². The molecule has 8 heteroatoms. The molecule has 0 saturated carbocycles. The zero-order chi connectivity index (χ0) is 24.0. The highest BCUT2D eigenvalue weighted by atomic mass is 32.2. The quantitative estimate of drug-likeness (QED) is 0.368. The molecule has 7 nitrogen and oxygen atoms in total. The number of ether oxygens (including phenoxy) is 1. The normalized spacial score (nSPS) is 11.2. The molecule has 0 spiro atoms. The molecule has 0 fully saturated rings. The lowest BCUT2D eigenvalue weighted by atomic mass is 10.1. The van der Waals surface area contributed by atoms with Gasteiger partial charge in [0.05, 0.1) is 29.0 Å². The van der Waals surface area contributed by atoms with Gasteiger partial charge in [-0.3, -0.25) is 4.79 Å². The molecule has 0 unspecified atom stereocenters. The van der Waals surface area contributed by atoms with E-state index in [1.165, 1.54) is 0 Å². The molecule has 0 aliphatic heterocycles. The number of benzene rings is 3. The van der Waals surface area contributed by atoms with E-state index in [1.807, 2.05) is 54.6 Å². The molecule has 3 aromatic carbocycles. The van der Waals surface area contributed by atoms with Crippen LogP contribution in [-0.4, -0.2) is 43.5 Å². The molecule has 4 rings (SSSR count). The van der Waals surface area contributed by atoms with E-state index in [4.69, 9.17) is 4.74 Å². The first kappa shape index (κ1) is 23.3. The minimum Gasteiger partial charge on any atom is -0.496 e. The Hall–Kier alpha value is -3.91. The number of amides is 1. The van der Waals surface area contributed by atoms with Gasteiger partial charge in [0.25, 0.3) is 5.91 Å². The number of nitrogens with zero attached hydrogens (tertiary/aromatic N) is 2. The van der Waals surface area contributed by atoms with Crippen molar-refractivity contribution in [3.63, 3.8) is 0 Å². The highest BCUT2D eigenvalue weighted by molar-refractivity contribution is 7.91. The minimum absolute atomic E-state index is 0.0556. The second-order valence-corrected chi connectivity index (χ2v) is 9.72. The van der Waals surface area contributed by atoms with Crippen LogP contribution in [0.4, 0.5) is 0 Å². The van der Waals surface area contributed by atoms with Gasteiger partial charge < -0.3 is 10.1 Å². The number of aromatic nitrogens is 2. The van der Waals surface area contributed by atoms with Crippen LogP contribution < -0.4 is 10.1 Å². The first-order valence-corrected chi connectivity index (χ1v) is 12.5. The van der Waals surface area contributed by atoms with Crippen LogP contribution in [0.3, 0.4) is 0 Å². The Morgan fingerprint density at radius 2 is 1.59 bits per heavy atom. The van der Waals surface area contributed by atoms with Crippen LogP contribution in [0.25, 0.3) is 16.9 Å². The summed E-state index contributed by atoms with van der Waals surface area (Å²) in [7, 11) is -1.83. The van der Waals surface area contributed by atoms with Crippen LogP contribution in [0.15, 0.2) is 96.0 Å². The molecule has 0 bridgehead atoms. The summed E-state index contributed by atoms with van der Waals surface area (Å²) in [4.78, 5) is 13.4. The average Bonchev–Trinajstić information content (AvgIpc) is 3.33. The first-order valence-electron chi connectivity index (χ1n) is 10.8. The Morgan fingerprint density at radius 3 is 2.29 bits per heavy atom. The van der Waals surface area contributed by atoms with Crippen molar-refractivity contribution in [1.29, 1.82) is 0 Å². The third-order valence-corrected chi connectivity index (χ3v) is 7.14. The lowest BCUT2D eigenvalue weighted by Crippen LogP contribution is -2.26. The number of sulfone groups is 1. The lowest BCUT2D eigenvalue weighted by Gasteiger charge is -2.09. The SMILES string of the molecule is COc1ccccc1-c1nn(-c2ccccc2)cc1C(=O)NCCCS(=O)(=O)c1ccccc1. The molecule has 1 aromatic heterocycles. The van der Waals surface area contributed by atoms with Crippen molar-refractivity contribution in [3.05, 3.63) is 96.7 Å². The summed E-state index contributed by atoms with van der Waals surface area (Å²) >= 11 is 0. The standard InChI is InChI=1S/C26H25N3O4S/c1-33-24-16-9-8-15-22(24)25-23(19-29(28-25)20-11-4-2-5-12-20)26(30)27-17-10-18-34(31,32)21-13-6-3-7-14-21/h2-9,11-16,19H,10,17-18H2,1H3,(H,27,30). The summed E-state index contributed by atoms with van der Waals surface area (Å²) in [5.41, 5.74) is 2.36. The Balaban J connectivity index is 1.54. The average molecular weight is 476 g/mol. The molecule has 0 saturated heterocycles. The smallest absolute Gasteiger partial charge is 0.255 e. The van der Waals surface area contributed by atoms with E-state index in [2.05, 4.69) is 10.4 Å². The van der Waals surface area contributed by atoms with Gasteiger partial charge in [-0.2, -0.15) is 5.10 Å². The van der Waals surface area contributed by atoms with E-state index >= 15 is 0 Å². The first-order chi connectivity index (χ1) is 16.5. The molecular weight excluding hydrogens is 450 g/mol. The van der Waals surface area contributed by atoms with Gasteiger partial charge in [-0.1, -0.05) is 48.5 Å². The highest BCUT2D eigenvalue weighted by Crippen LogP contribution is 2.31. The highest BCUT2D eigenvalue weighted by Gasteiger charge is 2.21. The molecule has 0 aliphatic rings. The Morgan fingerprint density at radius 1 is 0.941 bits per heavy atom. The third-order valence-electron chi connectivity index (χ3n) is 5.32. The zero-order valence-electron chi connectivity index (χ0n) is 18.7. The number of methoxy groups -OCH3 is 1. The van der Waals surface area contributed by atoms with Gasteiger partial charge in [0.15, 0.2) is 9.84 Å². The van der Waals surface area contributed by atoms with Crippen LogP contribution in [0, 0.1) is 0 Å². The fraction of sp³-hybridized carbons (Fsp3) is 0.154. The van der Waals surface area contributed by atoms with Crippen molar-refractivity contribution in [2.45, 2.75) is 11.3 Å². The molecule has 1 heterocycles. The Bertz CT molecular complexity index is 1370. The van der Waals surface area contributed by atoms with Gasteiger partial charge in [-0.25, -0.2) is 13.1 Å². The monoisotopic (exact) mass is 475 g/mol. The van der Waals surface area contributed by atoms with E-state index in [0.717, 1.165) is 5.69 Å². The summed E-state index contributed by atoms with van der Waals surface area (Å²) in [5, 5.41) is 7.51. The van der Waals surface area contributed by atoms with Crippen molar-refractivity contribution in [2.75, 3.05) is 19.4 Å². The van der Waals surface area contributed by atoms with Crippen molar-refractivity contribution < 1.29 is 17.9 Å². The van der Waals surface area contributed by atoms with Gasteiger partial charge in [-0.15, -0.1) is 0 Å². The number of carbonyl (C=O) groups excluding carboxylic acids is 1. The molecule has 0 aliphatic carbocycles. The fourth-order valence-corrected chi connectivity index (χ4v) is 4.93. The number of rotatable bonds is 9. The van der Waals surface area contributed by atoms with Crippen LogP contribution >= 0.6 is 0 Å². The number of nitrogens with one attached hydrogen (secondary N) is 1. The molecule has 0 atom stereocenters. The van der Waals surface area contributed by atoms with Gasteiger partial charge in [0.2, 0.25) is 0 Å². The van der Waals surface area contributed by atoms with Gasteiger partial charge in [0, 0.05) is 18.3 Å². The van der Waals surface area contributed by atoms with Crippen LogP contribution in [0.5, 0.6) is 5.75 Å². The van der Waals surface area contributed by atoms with Crippen molar-refractivity contribution in [1.82, 2.24) is 15.1 Å². The second kappa shape index (κ2) is 10.4. The summed E-state index contributed by atoms with van der Waals surface area (Å²) in [6, 6.07) is 25.2. The number of hydrogen-bond acceptors (Lipinski definition) is 5. The van der Waals surface area contributed by atoms with E-state index in [0.29, 0.717) is 29.0 Å². The maximum Gasteiger partial charge on any atom is 0.255 e. The van der Waals surface area contributed by atoms with Crippen molar-refractivity contribution in [2.24, 2.45) is 0 Å². The van der Waals surface area contributed by atoms with E-state index in [-0.39, 0.29) is 23.1 Å². The Kier molecular flexibility index (Phi) is 7.08. The van der Waals surface area contributed by atoms with Crippen molar-refractivity contribution >= 4 is 15.7 Å². The predicted octanol–water partition coefficient (Wildman–Crippen LogP) is 4.14. The topological polar surface area (TPSA) is 90.3 Å². The lowest BCUT2D eigenvalue weighted by molar-refractivity contribution is 0.0954. The summed E-state index contributed by atoms with van der Waals surface area (Å²) < 4.78 is 32.1. The number of hydrogen-bond donors (Lipinski definition) is 1. The van der Waals surface area contributed by atoms with Crippen molar-refractivity contribution in [3.8, 4) is 22.7 Å². The van der Waals surface area contributed by atoms with Crippen LogP contribution in [0.1, 0.15) is 16.8 Å². The molecule has 1 amide bonds. The second-order valence-electron chi connectivity index (χ2n) is 7.61.